The lowest BCUT2D eigenvalue weighted by molar-refractivity contribution is 0.122. The van der Waals surface area contributed by atoms with Crippen molar-refractivity contribution in [3.8, 4) is 0 Å². The molecule has 8 heteroatoms. The zero-order valence-corrected chi connectivity index (χ0v) is 15.6. The topological polar surface area (TPSA) is 84.3 Å². The van der Waals surface area contributed by atoms with E-state index in [4.69, 9.17) is 14.7 Å². The fraction of sp³-hybridized carbons (Fsp3) is 0.368. The Bertz CT molecular complexity index is 1070. The Labute approximate surface area is 160 Å². The number of hydrogen-bond acceptors (Lipinski definition) is 8. The van der Waals surface area contributed by atoms with Crippen LogP contribution >= 0.6 is 11.3 Å². The number of hydrogen-bond donors (Lipinski definition) is 1. The van der Waals surface area contributed by atoms with Crippen LogP contribution in [0, 0.1) is 0 Å². The number of nitrogens with zero attached hydrogens (tertiary/aromatic N) is 5. The van der Waals surface area contributed by atoms with E-state index in [-0.39, 0.29) is 6.61 Å². The highest BCUT2D eigenvalue weighted by Gasteiger charge is 2.22. The van der Waals surface area contributed by atoms with Crippen molar-refractivity contribution in [1.29, 1.82) is 0 Å². The van der Waals surface area contributed by atoms with E-state index in [1.807, 2.05) is 6.08 Å². The predicted octanol–water partition coefficient (Wildman–Crippen LogP) is 2.57. The molecule has 138 valence electrons. The Kier molecular flexibility index (Phi) is 4.31. The van der Waals surface area contributed by atoms with Crippen LogP contribution in [0.3, 0.4) is 0 Å². The van der Waals surface area contributed by atoms with Gasteiger partial charge in [0.25, 0.3) is 0 Å². The summed E-state index contributed by atoms with van der Waals surface area (Å²) < 4.78 is 6.53. The second-order valence-electron chi connectivity index (χ2n) is 6.62. The molecule has 0 spiro atoms. The number of rotatable bonds is 3. The smallest absolute Gasteiger partial charge is 0.162 e. The fourth-order valence-corrected chi connectivity index (χ4v) is 4.57. The van der Waals surface area contributed by atoms with Crippen molar-refractivity contribution >= 4 is 43.3 Å². The maximum atomic E-state index is 9.52. The molecule has 0 aromatic carbocycles. The summed E-state index contributed by atoms with van der Waals surface area (Å²) in [6.07, 6.45) is 9.33. The molecule has 27 heavy (non-hydrogen) atoms. The SMILES string of the molecule is OCC1=CC(c2nc(N3CCOCC3)c3sc4nccnc4c3n2)=CCC1. The van der Waals surface area contributed by atoms with E-state index in [1.54, 1.807) is 23.7 Å². The van der Waals surface area contributed by atoms with Crippen LogP contribution in [0.4, 0.5) is 5.82 Å². The van der Waals surface area contributed by atoms with Gasteiger partial charge in [-0.15, -0.1) is 11.3 Å². The highest BCUT2D eigenvalue weighted by Crippen LogP contribution is 2.37. The maximum Gasteiger partial charge on any atom is 0.162 e. The number of fused-ring (bicyclic) bond motifs is 3. The molecular formula is C19H19N5O2S. The number of aromatic nitrogens is 4. The number of anilines is 1. The fourth-order valence-electron chi connectivity index (χ4n) is 3.52. The average Bonchev–Trinajstić information content (AvgIpc) is 3.12. The van der Waals surface area contributed by atoms with E-state index < -0.39 is 0 Å². The van der Waals surface area contributed by atoms with Crippen LogP contribution in [0.5, 0.6) is 0 Å². The molecule has 7 nitrogen and oxygen atoms in total. The van der Waals surface area contributed by atoms with E-state index in [0.29, 0.717) is 19.0 Å². The summed E-state index contributed by atoms with van der Waals surface area (Å²) in [6.45, 7) is 3.07. The molecule has 1 N–H and O–H groups in total. The van der Waals surface area contributed by atoms with Crippen LogP contribution in [0.25, 0.3) is 26.1 Å². The van der Waals surface area contributed by atoms with Crippen molar-refractivity contribution in [3.05, 3.63) is 35.9 Å². The lowest BCUT2D eigenvalue weighted by atomic mass is 9.99. The van der Waals surface area contributed by atoms with Gasteiger partial charge < -0.3 is 14.7 Å². The zero-order valence-electron chi connectivity index (χ0n) is 14.8. The van der Waals surface area contributed by atoms with Gasteiger partial charge in [-0.25, -0.2) is 19.9 Å². The number of aliphatic hydroxyl groups is 1. The molecule has 1 saturated heterocycles. The third-order valence-electron chi connectivity index (χ3n) is 4.90. The molecule has 0 atom stereocenters. The second kappa shape index (κ2) is 6.95. The van der Waals surface area contributed by atoms with Gasteiger partial charge in [0.05, 0.1) is 24.5 Å². The first kappa shape index (κ1) is 16.7. The van der Waals surface area contributed by atoms with Crippen molar-refractivity contribution in [2.24, 2.45) is 0 Å². The molecular weight excluding hydrogens is 362 g/mol. The third kappa shape index (κ3) is 2.99. The Morgan fingerprint density at radius 3 is 2.81 bits per heavy atom. The summed E-state index contributed by atoms with van der Waals surface area (Å²) in [5.41, 5.74) is 3.64. The molecule has 1 aliphatic carbocycles. The zero-order chi connectivity index (χ0) is 18.2. The molecule has 5 rings (SSSR count). The quantitative estimate of drug-likeness (QED) is 0.746. The van der Waals surface area contributed by atoms with Crippen molar-refractivity contribution in [2.45, 2.75) is 12.8 Å². The van der Waals surface area contributed by atoms with E-state index >= 15 is 0 Å². The number of thiophene rings is 1. The molecule has 0 bridgehead atoms. The lowest BCUT2D eigenvalue weighted by Gasteiger charge is -2.28. The van der Waals surface area contributed by atoms with Crippen molar-refractivity contribution in [2.75, 3.05) is 37.8 Å². The molecule has 1 fully saturated rings. The van der Waals surface area contributed by atoms with Crippen LogP contribution in [0.2, 0.25) is 0 Å². The second-order valence-corrected chi connectivity index (χ2v) is 7.62. The van der Waals surface area contributed by atoms with Crippen molar-refractivity contribution in [1.82, 2.24) is 19.9 Å². The van der Waals surface area contributed by atoms with Crippen molar-refractivity contribution in [3.63, 3.8) is 0 Å². The van der Waals surface area contributed by atoms with Gasteiger partial charge in [-0.3, -0.25) is 0 Å². The Morgan fingerprint density at radius 2 is 1.96 bits per heavy atom. The van der Waals surface area contributed by atoms with Gasteiger partial charge in [-0.05, 0) is 18.4 Å². The molecule has 0 unspecified atom stereocenters. The summed E-state index contributed by atoms with van der Waals surface area (Å²) in [6, 6.07) is 0. The van der Waals surface area contributed by atoms with E-state index in [2.05, 4.69) is 20.9 Å². The first-order chi connectivity index (χ1) is 13.3. The van der Waals surface area contributed by atoms with Crippen LogP contribution in [-0.4, -0.2) is 58.0 Å². The van der Waals surface area contributed by atoms with E-state index in [9.17, 15) is 5.11 Å². The predicted molar refractivity (Wildman–Crippen MR) is 106 cm³/mol. The lowest BCUT2D eigenvalue weighted by Crippen LogP contribution is -2.37. The Morgan fingerprint density at radius 1 is 1.11 bits per heavy atom. The summed E-state index contributed by atoms with van der Waals surface area (Å²) in [7, 11) is 0. The highest BCUT2D eigenvalue weighted by atomic mass is 32.1. The van der Waals surface area contributed by atoms with Gasteiger partial charge >= 0.3 is 0 Å². The van der Waals surface area contributed by atoms with Gasteiger partial charge in [0.2, 0.25) is 0 Å². The molecule has 3 aromatic heterocycles. The molecule has 0 radical (unpaired) electrons. The van der Waals surface area contributed by atoms with Crippen LogP contribution < -0.4 is 4.90 Å². The summed E-state index contributed by atoms with van der Waals surface area (Å²) in [5.74, 6) is 1.61. The maximum absolute atomic E-state index is 9.52. The largest absolute Gasteiger partial charge is 0.392 e. The standard InChI is InChI=1S/C19H19N5O2S/c25-11-12-2-1-3-13(10-12)17-22-14-15-19(21-5-4-20-15)27-16(14)18(23-17)24-6-8-26-9-7-24/h3-5,10,25H,1-2,6-9,11H2. The molecule has 0 saturated carbocycles. The van der Waals surface area contributed by atoms with Crippen LogP contribution in [0.1, 0.15) is 18.7 Å². The third-order valence-corrected chi connectivity index (χ3v) is 5.97. The Hall–Kier alpha value is -2.42. The van der Waals surface area contributed by atoms with Gasteiger partial charge in [-0.2, -0.15) is 0 Å². The van der Waals surface area contributed by atoms with Gasteiger partial charge in [-0.1, -0.05) is 12.2 Å². The molecule has 2 aliphatic rings. The first-order valence-electron chi connectivity index (χ1n) is 9.08. The van der Waals surface area contributed by atoms with Crippen molar-refractivity contribution < 1.29 is 9.84 Å². The number of ether oxygens (including phenoxy) is 1. The van der Waals surface area contributed by atoms with Crippen LogP contribution in [-0.2, 0) is 4.74 Å². The monoisotopic (exact) mass is 381 g/mol. The van der Waals surface area contributed by atoms with E-state index in [1.165, 1.54) is 0 Å². The summed E-state index contributed by atoms with van der Waals surface area (Å²) in [5, 5.41) is 9.52. The van der Waals surface area contributed by atoms with Crippen LogP contribution in [0.15, 0.2) is 30.1 Å². The number of aliphatic hydroxyl groups excluding tert-OH is 1. The minimum absolute atomic E-state index is 0.0722. The number of morpholine rings is 1. The highest BCUT2D eigenvalue weighted by molar-refractivity contribution is 7.25. The molecule has 3 aromatic rings. The first-order valence-corrected chi connectivity index (χ1v) is 9.90. The minimum atomic E-state index is 0.0722. The summed E-state index contributed by atoms with van der Waals surface area (Å²) >= 11 is 1.59. The van der Waals surface area contributed by atoms with Gasteiger partial charge in [0.1, 0.15) is 15.9 Å². The normalized spacial score (nSPS) is 18.0. The molecule has 1 aliphatic heterocycles. The minimum Gasteiger partial charge on any atom is -0.392 e. The number of allylic oxidation sites excluding steroid dienone is 3. The average molecular weight is 381 g/mol. The summed E-state index contributed by atoms with van der Waals surface area (Å²) in [4.78, 5) is 21.9. The van der Waals surface area contributed by atoms with E-state index in [0.717, 1.165) is 63.5 Å². The Balaban J connectivity index is 1.73. The molecule has 4 heterocycles. The van der Waals surface area contributed by atoms with Gasteiger partial charge in [0, 0.05) is 31.1 Å². The van der Waals surface area contributed by atoms with Gasteiger partial charge in [0.15, 0.2) is 11.6 Å². The molecule has 0 amide bonds.